The number of thiophene rings is 1. The summed E-state index contributed by atoms with van der Waals surface area (Å²) < 4.78 is 10.8. The third-order valence-electron chi connectivity index (χ3n) is 4.43. The van der Waals surface area contributed by atoms with E-state index in [-0.39, 0.29) is 12.2 Å². The number of amides is 1. The van der Waals surface area contributed by atoms with Crippen LogP contribution < -0.4 is 5.32 Å². The van der Waals surface area contributed by atoms with Crippen molar-refractivity contribution in [1.82, 2.24) is 0 Å². The van der Waals surface area contributed by atoms with Crippen molar-refractivity contribution in [3.8, 4) is 17.4 Å². The minimum Gasteiger partial charge on any atom is -0.462 e. The summed E-state index contributed by atoms with van der Waals surface area (Å²) >= 11 is 1.27. The van der Waals surface area contributed by atoms with Gasteiger partial charge in [-0.3, -0.25) is 4.79 Å². The van der Waals surface area contributed by atoms with E-state index >= 15 is 0 Å². The molecule has 0 radical (unpaired) electrons. The molecule has 2 heterocycles. The number of nitriles is 1. The maximum absolute atomic E-state index is 12.7. The molecule has 0 fully saturated rings. The van der Waals surface area contributed by atoms with Gasteiger partial charge in [0.15, 0.2) is 0 Å². The highest BCUT2D eigenvalue weighted by atomic mass is 32.1. The van der Waals surface area contributed by atoms with Gasteiger partial charge in [-0.1, -0.05) is 30.3 Å². The average Bonchev–Trinajstić information content (AvgIpc) is 3.31. The van der Waals surface area contributed by atoms with Gasteiger partial charge in [0, 0.05) is 16.5 Å². The lowest BCUT2D eigenvalue weighted by Crippen LogP contribution is -2.16. The summed E-state index contributed by atoms with van der Waals surface area (Å²) in [5, 5.41) is 12.5. The number of aryl methyl sites for hydroxylation is 1. The standard InChI is InChI=1S/C23H20N2O4S/c1-4-28-23(27)20-14(2)15(3)30-22(20)25-21(26)17(13-24)12-18-10-11-19(29-18)16-8-6-5-7-9-16/h5-12H,4H2,1-3H3,(H,25,26). The zero-order valence-electron chi connectivity index (χ0n) is 16.8. The van der Waals surface area contributed by atoms with Crippen LogP contribution in [0.1, 0.15) is 33.5 Å². The summed E-state index contributed by atoms with van der Waals surface area (Å²) in [6.07, 6.45) is 1.37. The molecule has 0 aliphatic rings. The Balaban J connectivity index is 1.85. The van der Waals surface area contributed by atoms with Crippen molar-refractivity contribution in [3.05, 3.63) is 69.8 Å². The van der Waals surface area contributed by atoms with Gasteiger partial charge in [0.25, 0.3) is 5.91 Å². The molecular weight excluding hydrogens is 400 g/mol. The Kier molecular flexibility index (Phi) is 6.50. The van der Waals surface area contributed by atoms with Crippen molar-refractivity contribution in [2.75, 3.05) is 11.9 Å². The summed E-state index contributed by atoms with van der Waals surface area (Å²) in [6.45, 7) is 5.59. The SMILES string of the molecule is CCOC(=O)c1c(NC(=O)C(C#N)=Cc2ccc(-c3ccccc3)o2)sc(C)c1C. The number of hydrogen-bond donors (Lipinski definition) is 1. The maximum atomic E-state index is 12.7. The molecule has 2 aromatic heterocycles. The first-order valence-corrected chi connectivity index (χ1v) is 10.1. The lowest BCUT2D eigenvalue weighted by molar-refractivity contribution is -0.112. The van der Waals surface area contributed by atoms with Crippen molar-refractivity contribution < 1.29 is 18.7 Å². The van der Waals surface area contributed by atoms with Gasteiger partial charge in [0.2, 0.25) is 0 Å². The van der Waals surface area contributed by atoms with Crippen molar-refractivity contribution in [1.29, 1.82) is 5.26 Å². The Morgan fingerprint density at radius 3 is 2.60 bits per heavy atom. The predicted octanol–water partition coefficient (Wildman–Crippen LogP) is 5.35. The van der Waals surface area contributed by atoms with Gasteiger partial charge in [0.05, 0.1) is 12.2 Å². The Labute approximate surface area is 178 Å². The second kappa shape index (κ2) is 9.25. The number of hydrogen-bond acceptors (Lipinski definition) is 6. The highest BCUT2D eigenvalue weighted by molar-refractivity contribution is 7.16. The highest BCUT2D eigenvalue weighted by Crippen LogP contribution is 2.33. The topological polar surface area (TPSA) is 92.3 Å². The fourth-order valence-corrected chi connectivity index (χ4v) is 3.86. The first-order valence-electron chi connectivity index (χ1n) is 9.30. The van der Waals surface area contributed by atoms with Crippen molar-refractivity contribution in [2.45, 2.75) is 20.8 Å². The Bertz CT molecular complexity index is 1150. The Morgan fingerprint density at radius 2 is 1.93 bits per heavy atom. The molecule has 0 saturated carbocycles. The molecule has 0 aliphatic heterocycles. The largest absolute Gasteiger partial charge is 0.462 e. The molecule has 3 aromatic rings. The molecular formula is C23H20N2O4S. The normalized spacial score (nSPS) is 11.1. The second-order valence-electron chi connectivity index (χ2n) is 6.40. The number of nitrogens with one attached hydrogen (secondary N) is 1. The van der Waals surface area contributed by atoms with E-state index in [2.05, 4.69) is 5.32 Å². The summed E-state index contributed by atoms with van der Waals surface area (Å²) in [6, 6.07) is 14.9. The van der Waals surface area contributed by atoms with E-state index in [1.54, 1.807) is 26.0 Å². The zero-order valence-corrected chi connectivity index (χ0v) is 17.6. The van der Waals surface area contributed by atoms with Crippen LogP contribution in [0.15, 0.2) is 52.5 Å². The lowest BCUT2D eigenvalue weighted by atomic mass is 10.1. The fourth-order valence-electron chi connectivity index (χ4n) is 2.81. The van der Waals surface area contributed by atoms with Gasteiger partial charge in [-0.25, -0.2) is 4.79 Å². The van der Waals surface area contributed by atoms with Crippen LogP contribution in [0.25, 0.3) is 17.4 Å². The van der Waals surface area contributed by atoms with Crippen LogP contribution in [0.3, 0.4) is 0 Å². The van der Waals surface area contributed by atoms with E-state index in [9.17, 15) is 14.9 Å². The minimum absolute atomic E-state index is 0.137. The molecule has 0 spiro atoms. The maximum Gasteiger partial charge on any atom is 0.341 e. The van der Waals surface area contributed by atoms with Crippen LogP contribution in [0.5, 0.6) is 0 Å². The van der Waals surface area contributed by atoms with Crippen LogP contribution in [0.4, 0.5) is 5.00 Å². The van der Waals surface area contributed by atoms with E-state index in [0.717, 1.165) is 16.0 Å². The van der Waals surface area contributed by atoms with Gasteiger partial charge in [0.1, 0.15) is 28.2 Å². The molecule has 30 heavy (non-hydrogen) atoms. The van der Waals surface area contributed by atoms with Crippen molar-refractivity contribution in [2.24, 2.45) is 0 Å². The van der Waals surface area contributed by atoms with Crippen molar-refractivity contribution in [3.63, 3.8) is 0 Å². The van der Waals surface area contributed by atoms with E-state index in [1.165, 1.54) is 17.4 Å². The number of ether oxygens (including phenoxy) is 1. The van der Waals surface area contributed by atoms with E-state index < -0.39 is 11.9 Å². The zero-order chi connectivity index (χ0) is 21.7. The summed E-state index contributed by atoms with van der Waals surface area (Å²) in [5.74, 6) is -0.115. The summed E-state index contributed by atoms with van der Waals surface area (Å²) in [5.41, 5.74) is 1.82. The predicted molar refractivity (Wildman–Crippen MR) is 116 cm³/mol. The number of esters is 1. The smallest absolute Gasteiger partial charge is 0.341 e. The fraction of sp³-hybridized carbons (Fsp3) is 0.174. The van der Waals surface area contributed by atoms with Crippen molar-refractivity contribution >= 4 is 34.3 Å². The van der Waals surface area contributed by atoms with Gasteiger partial charge >= 0.3 is 5.97 Å². The lowest BCUT2D eigenvalue weighted by Gasteiger charge is -2.06. The Hall–Kier alpha value is -3.63. The number of benzene rings is 1. The van der Waals surface area contributed by atoms with Crippen LogP contribution in [0, 0.1) is 25.2 Å². The number of rotatable bonds is 6. The van der Waals surface area contributed by atoms with Gasteiger partial charge in [-0.15, -0.1) is 11.3 Å². The van der Waals surface area contributed by atoms with Crippen LogP contribution in [-0.4, -0.2) is 18.5 Å². The molecule has 1 aromatic carbocycles. The molecule has 152 valence electrons. The van der Waals surface area contributed by atoms with Crippen LogP contribution >= 0.6 is 11.3 Å². The number of anilines is 1. The number of nitrogens with zero attached hydrogens (tertiary/aromatic N) is 1. The number of furan rings is 1. The summed E-state index contributed by atoms with van der Waals surface area (Å²) in [4.78, 5) is 25.9. The molecule has 0 unspecified atom stereocenters. The first-order chi connectivity index (χ1) is 14.4. The molecule has 0 atom stereocenters. The first kappa shape index (κ1) is 21.1. The number of carbonyl (C=O) groups is 2. The van der Waals surface area contributed by atoms with Crippen LogP contribution in [-0.2, 0) is 9.53 Å². The Morgan fingerprint density at radius 1 is 1.20 bits per heavy atom. The molecule has 1 amide bonds. The second-order valence-corrected chi connectivity index (χ2v) is 7.62. The quantitative estimate of drug-likeness (QED) is 0.330. The van der Waals surface area contributed by atoms with Gasteiger partial charge in [-0.05, 0) is 38.5 Å². The van der Waals surface area contributed by atoms with E-state index in [0.29, 0.717) is 22.1 Å². The molecule has 1 N–H and O–H groups in total. The van der Waals surface area contributed by atoms with Gasteiger partial charge in [-0.2, -0.15) is 5.26 Å². The number of carbonyl (C=O) groups excluding carboxylic acids is 2. The molecule has 3 rings (SSSR count). The van der Waals surface area contributed by atoms with E-state index in [1.807, 2.05) is 43.3 Å². The molecule has 6 nitrogen and oxygen atoms in total. The molecule has 7 heteroatoms. The summed E-state index contributed by atoms with van der Waals surface area (Å²) in [7, 11) is 0. The highest BCUT2D eigenvalue weighted by Gasteiger charge is 2.23. The third-order valence-corrected chi connectivity index (χ3v) is 5.55. The minimum atomic E-state index is -0.623. The van der Waals surface area contributed by atoms with E-state index in [4.69, 9.17) is 9.15 Å². The van der Waals surface area contributed by atoms with Crippen LogP contribution in [0.2, 0.25) is 0 Å². The molecule has 0 bridgehead atoms. The third kappa shape index (κ3) is 4.50. The monoisotopic (exact) mass is 420 g/mol. The average molecular weight is 420 g/mol. The molecule has 0 saturated heterocycles. The van der Waals surface area contributed by atoms with Gasteiger partial charge < -0.3 is 14.5 Å². The molecule has 0 aliphatic carbocycles.